The minimum atomic E-state index is -0.499. The van der Waals surface area contributed by atoms with Crippen LogP contribution in [0.25, 0.3) is 0 Å². The molecule has 0 bridgehead atoms. The fourth-order valence-electron chi connectivity index (χ4n) is 2.96. The first-order valence-electron chi connectivity index (χ1n) is 9.51. The summed E-state index contributed by atoms with van der Waals surface area (Å²) in [5.41, 5.74) is 0.981. The van der Waals surface area contributed by atoms with E-state index in [9.17, 15) is 14.8 Å². The van der Waals surface area contributed by atoms with Crippen LogP contribution in [0.2, 0.25) is 0 Å². The normalized spacial score (nSPS) is 14.4. The van der Waals surface area contributed by atoms with Crippen LogP contribution in [-0.2, 0) is 4.74 Å². The highest BCUT2D eigenvalue weighted by atomic mass is 16.6. The summed E-state index contributed by atoms with van der Waals surface area (Å²) in [6.45, 7) is 8.14. The molecule has 1 saturated heterocycles. The Balaban J connectivity index is 1.60. The fourth-order valence-corrected chi connectivity index (χ4v) is 2.96. The van der Waals surface area contributed by atoms with Crippen LogP contribution in [0.5, 0.6) is 0 Å². The van der Waals surface area contributed by atoms with Gasteiger partial charge in [0.1, 0.15) is 5.60 Å². The number of pyridine rings is 1. The van der Waals surface area contributed by atoms with Crippen LogP contribution < -0.4 is 10.3 Å². The van der Waals surface area contributed by atoms with Crippen molar-refractivity contribution >= 4 is 17.7 Å². The molecule has 3 rings (SSSR count). The molecular formula is C21H26N4O4. The number of hydrogen-bond donors (Lipinski definition) is 1. The Kier molecular flexibility index (Phi) is 5.91. The maximum absolute atomic E-state index is 12.3. The average molecular weight is 398 g/mol. The van der Waals surface area contributed by atoms with Crippen molar-refractivity contribution in [3.8, 4) is 0 Å². The molecule has 8 heteroatoms. The summed E-state index contributed by atoms with van der Waals surface area (Å²) in [5, 5.41) is 9.69. The largest absolute Gasteiger partial charge is 0.444 e. The maximum atomic E-state index is 12.3. The molecule has 8 nitrogen and oxygen atoms in total. The van der Waals surface area contributed by atoms with E-state index >= 15 is 0 Å². The van der Waals surface area contributed by atoms with Crippen molar-refractivity contribution in [2.24, 2.45) is 4.99 Å². The summed E-state index contributed by atoms with van der Waals surface area (Å²) >= 11 is 0. The number of aromatic nitrogens is 1. The fraction of sp³-hybridized carbons (Fsp3) is 0.381. The van der Waals surface area contributed by atoms with Crippen molar-refractivity contribution in [2.45, 2.75) is 26.4 Å². The topological polar surface area (TPSA) is 87.4 Å². The van der Waals surface area contributed by atoms with Crippen LogP contribution in [-0.4, -0.2) is 58.6 Å². The SMILES string of the molecule is CC(C)(C)OC(=O)N1CCN(c2ccc(C(=O)N=c3ccn(O)cc3)cc2)CC1. The Morgan fingerprint density at radius 1 is 0.966 bits per heavy atom. The van der Waals surface area contributed by atoms with Crippen LogP contribution in [0.3, 0.4) is 0 Å². The van der Waals surface area contributed by atoms with Gasteiger partial charge in [0.25, 0.3) is 5.91 Å². The number of rotatable bonds is 2. The van der Waals surface area contributed by atoms with Gasteiger partial charge >= 0.3 is 6.09 Å². The van der Waals surface area contributed by atoms with Crippen molar-refractivity contribution in [2.75, 3.05) is 31.1 Å². The molecule has 0 spiro atoms. The molecule has 1 aliphatic rings. The average Bonchev–Trinajstić information content (AvgIpc) is 2.69. The lowest BCUT2D eigenvalue weighted by Gasteiger charge is -2.36. The highest BCUT2D eigenvalue weighted by molar-refractivity contribution is 5.95. The van der Waals surface area contributed by atoms with E-state index in [0.717, 1.165) is 10.4 Å². The molecule has 1 aliphatic heterocycles. The van der Waals surface area contributed by atoms with Gasteiger partial charge < -0.3 is 19.7 Å². The zero-order chi connectivity index (χ0) is 21.0. The van der Waals surface area contributed by atoms with E-state index in [4.69, 9.17) is 4.74 Å². The van der Waals surface area contributed by atoms with Gasteiger partial charge in [-0.1, -0.05) is 0 Å². The van der Waals surface area contributed by atoms with E-state index in [0.29, 0.717) is 37.1 Å². The van der Waals surface area contributed by atoms with Gasteiger partial charge in [0.2, 0.25) is 0 Å². The Bertz CT molecular complexity index is 916. The zero-order valence-electron chi connectivity index (χ0n) is 16.9. The molecule has 1 aromatic carbocycles. The lowest BCUT2D eigenvalue weighted by atomic mass is 10.1. The highest BCUT2D eigenvalue weighted by Gasteiger charge is 2.25. The van der Waals surface area contributed by atoms with Crippen LogP contribution in [0.1, 0.15) is 31.1 Å². The number of carbonyl (C=O) groups excluding carboxylic acids is 2. The zero-order valence-corrected chi connectivity index (χ0v) is 16.9. The van der Waals surface area contributed by atoms with E-state index in [1.165, 1.54) is 12.4 Å². The van der Waals surface area contributed by atoms with Crippen molar-refractivity contribution in [1.82, 2.24) is 9.63 Å². The van der Waals surface area contributed by atoms with E-state index in [1.807, 2.05) is 32.9 Å². The molecule has 0 unspecified atom stereocenters. The van der Waals surface area contributed by atoms with Crippen LogP contribution in [0, 0.1) is 0 Å². The van der Waals surface area contributed by atoms with Crippen molar-refractivity contribution < 1.29 is 19.5 Å². The Hall–Kier alpha value is -3.29. The van der Waals surface area contributed by atoms with E-state index in [1.54, 1.807) is 29.2 Å². The van der Waals surface area contributed by atoms with Gasteiger partial charge in [0.15, 0.2) is 0 Å². The highest BCUT2D eigenvalue weighted by Crippen LogP contribution is 2.19. The van der Waals surface area contributed by atoms with Gasteiger partial charge in [-0.2, -0.15) is 0 Å². The van der Waals surface area contributed by atoms with Crippen molar-refractivity contribution in [1.29, 1.82) is 0 Å². The molecule has 0 radical (unpaired) electrons. The molecule has 0 saturated carbocycles. The molecule has 0 aliphatic carbocycles. The predicted molar refractivity (Wildman–Crippen MR) is 108 cm³/mol. The van der Waals surface area contributed by atoms with Crippen LogP contribution in [0.4, 0.5) is 10.5 Å². The summed E-state index contributed by atoms with van der Waals surface area (Å²) in [5.74, 6) is -0.345. The molecule has 154 valence electrons. The van der Waals surface area contributed by atoms with Crippen LogP contribution in [0.15, 0.2) is 53.8 Å². The number of anilines is 1. The molecule has 2 heterocycles. The van der Waals surface area contributed by atoms with Gasteiger partial charge in [-0.05, 0) is 57.2 Å². The van der Waals surface area contributed by atoms with E-state index in [-0.39, 0.29) is 12.0 Å². The number of amides is 2. The summed E-state index contributed by atoms with van der Waals surface area (Å²) in [4.78, 5) is 32.4. The molecular weight excluding hydrogens is 372 g/mol. The van der Waals surface area contributed by atoms with Gasteiger partial charge in [-0.3, -0.25) is 4.79 Å². The minimum absolute atomic E-state index is 0.285. The smallest absolute Gasteiger partial charge is 0.410 e. The lowest BCUT2D eigenvalue weighted by Crippen LogP contribution is -2.50. The Morgan fingerprint density at radius 3 is 2.10 bits per heavy atom. The number of piperazine rings is 1. The third-order valence-electron chi connectivity index (χ3n) is 4.44. The second-order valence-corrected chi connectivity index (χ2v) is 7.85. The quantitative estimate of drug-likeness (QED) is 0.786. The second-order valence-electron chi connectivity index (χ2n) is 7.85. The first kappa shape index (κ1) is 20.4. The molecule has 1 fully saturated rings. The maximum Gasteiger partial charge on any atom is 0.410 e. The summed E-state index contributed by atoms with van der Waals surface area (Å²) in [6.07, 6.45) is 2.53. The number of ether oxygens (including phenoxy) is 1. The number of hydrogen-bond acceptors (Lipinski definition) is 5. The summed E-state index contributed by atoms with van der Waals surface area (Å²) < 4.78 is 6.31. The number of nitrogens with zero attached hydrogens (tertiary/aromatic N) is 4. The molecule has 0 atom stereocenters. The summed E-state index contributed by atoms with van der Waals surface area (Å²) in [7, 11) is 0. The first-order chi connectivity index (χ1) is 13.7. The molecule has 29 heavy (non-hydrogen) atoms. The van der Waals surface area contributed by atoms with Gasteiger partial charge in [-0.25, -0.2) is 14.5 Å². The molecule has 2 aromatic rings. The molecule has 2 amide bonds. The lowest BCUT2D eigenvalue weighted by molar-refractivity contribution is 0.0240. The molecule has 1 aromatic heterocycles. The Labute approximate surface area is 169 Å². The van der Waals surface area contributed by atoms with Gasteiger partial charge in [0.05, 0.1) is 5.36 Å². The first-order valence-corrected chi connectivity index (χ1v) is 9.51. The van der Waals surface area contributed by atoms with E-state index in [2.05, 4.69) is 9.89 Å². The number of benzene rings is 1. The minimum Gasteiger partial charge on any atom is -0.444 e. The third kappa shape index (κ3) is 5.60. The number of carbonyl (C=O) groups is 2. The predicted octanol–water partition coefficient (Wildman–Crippen LogP) is 2.52. The molecule has 1 N–H and O–H groups in total. The van der Waals surface area contributed by atoms with Crippen molar-refractivity contribution in [3.05, 3.63) is 59.7 Å². The summed E-state index contributed by atoms with van der Waals surface area (Å²) in [6, 6.07) is 10.4. The second kappa shape index (κ2) is 8.38. The standard InChI is InChI=1S/C21H26N4O4/c1-21(2,3)29-20(27)24-14-12-23(13-15-24)18-6-4-16(5-7-18)19(26)22-17-8-10-25(28)11-9-17/h4-11,28H,12-15H2,1-3H3. The van der Waals surface area contributed by atoms with Gasteiger partial charge in [-0.15, -0.1) is 0 Å². The van der Waals surface area contributed by atoms with E-state index < -0.39 is 5.60 Å². The van der Waals surface area contributed by atoms with Crippen molar-refractivity contribution in [3.63, 3.8) is 0 Å². The third-order valence-corrected chi connectivity index (χ3v) is 4.44. The van der Waals surface area contributed by atoms with Gasteiger partial charge in [0, 0.05) is 49.8 Å². The Morgan fingerprint density at radius 2 is 1.55 bits per heavy atom. The monoisotopic (exact) mass is 398 g/mol. The van der Waals surface area contributed by atoms with Crippen LogP contribution >= 0.6 is 0 Å².